The number of benzene rings is 1. The van der Waals surface area contributed by atoms with Crippen LogP contribution in [-0.4, -0.2) is 13.7 Å². The fourth-order valence-electron chi connectivity index (χ4n) is 0.946. The SMILES string of the molecule is CCON(OC)c1ccc(N)cc1. The summed E-state index contributed by atoms with van der Waals surface area (Å²) < 4.78 is 0. The zero-order chi connectivity index (χ0) is 9.68. The fourth-order valence-corrected chi connectivity index (χ4v) is 0.946. The van der Waals surface area contributed by atoms with Crippen molar-refractivity contribution in [3.63, 3.8) is 0 Å². The van der Waals surface area contributed by atoms with E-state index in [4.69, 9.17) is 15.4 Å². The Morgan fingerprint density at radius 1 is 1.31 bits per heavy atom. The summed E-state index contributed by atoms with van der Waals surface area (Å²) in [4.78, 5) is 10.2. The van der Waals surface area contributed by atoms with Crippen LogP contribution in [0.2, 0.25) is 0 Å². The minimum Gasteiger partial charge on any atom is -0.399 e. The molecular weight excluding hydrogens is 168 g/mol. The van der Waals surface area contributed by atoms with Crippen molar-refractivity contribution in [2.45, 2.75) is 6.92 Å². The molecule has 0 aliphatic heterocycles. The Kier molecular flexibility index (Phi) is 3.54. The van der Waals surface area contributed by atoms with Crippen molar-refractivity contribution in [3.05, 3.63) is 24.3 Å². The number of nitrogen functional groups attached to an aromatic ring is 1. The number of hydrogen-bond donors (Lipinski definition) is 1. The molecule has 0 saturated heterocycles. The maximum atomic E-state index is 5.54. The third-order valence-electron chi connectivity index (χ3n) is 1.52. The number of rotatable bonds is 4. The van der Waals surface area contributed by atoms with E-state index in [9.17, 15) is 0 Å². The van der Waals surface area contributed by atoms with Gasteiger partial charge in [0, 0.05) is 5.69 Å². The maximum absolute atomic E-state index is 5.54. The molecule has 0 aliphatic rings. The van der Waals surface area contributed by atoms with Crippen molar-refractivity contribution >= 4 is 11.4 Å². The molecule has 13 heavy (non-hydrogen) atoms. The van der Waals surface area contributed by atoms with Crippen LogP contribution >= 0.6 is 0 Å². The Hall–Kier alpha value is -1.26. The molecule has 0 unspecified atom stereocenters. The summed E-state index contributed by atoms with van der Waals surface area (Å²) in [6.07, 6.45) is 0. The van der Waals surface area contributed by atoms with Crippen LogP contribution in [-0.2, 0) is 9.68 Å². The molecule has 0 saturated carbocycles. The van der Waals surface area contributed by atoms with Crippen molar-refractivity contribution in [1.29, 1.82) is 0 Å². The van der Waals surface area contributed by atoms with Crippen molar-refractivity contribution in [2.75, 3.05) is 24.7 Å². The molecule has 0 amide bonds. The second kappa shape index (κ2) is 4.69. The highest BCUT2D eigenvalue weighted by Crippen LogP contribution is 2.16. The van der Waals surface area contributed by atoms with Gasteiger partial charge in [0.15, 0.2) is 0 Å². The van der Waals surface area contributed by atoms with Crippen molar-refractivity contribution in [3.8, 4) is 0 Å². The highest BCUT2D eigenvalue weighted by molar-refractivity contribution is 5.50. The first-order chi connectivity index (χ1) is 6.27. The Labute approximate surface area is 77.8 Å². The summed E-state index contributed by atoms with van der Waals surface area (Å²) in [6.45, 7) is 2.45. The van der Waals surface area contributed by atoms with E-state index in [-0.39, 0.29) is 0 Å². The van der Waals surface area contributed by atoms with Crippen LogP contribution in [0.25, 0.3) is 0 Å². The van der Waals surface area contributed by atoms with Crippen LogP contribution in [0.3, 0.4) is 0 Å². The summed E-state index contributed by atoms with van der Waals surface area (Å²) >= 11 is 0. The summed E-state index contributed by atoms with van der Waals surface area (Å²) in [7, 11) is 1.55. The lowest BCUT2D eigenvalue weighted by Crippen LogP contribution is -2.21. The van der Waals surface area contributed by atoms with Gasteiger partial charge in [-0.25, -0.2) is 4.84 Å². The maximum Gasteiger partial charge on any atom is 0.0948 e. The molecule has 4 heteroatoms. The zero-order valence-electron chi connectivity index (χ0n) is 7.86. The lowest BCUT2D eigenvalue weighted by atomic mass is 10.3. The third kappa shape index (κ3) is 2.61. The molecule has 0 atom stereocenters. The first-order valence-corrected chi connectivity index (χ1v) is 4.10. The van der Waals surface area contributed by atoms with Gasteiger partial charge < -0.3 is 5.73 Å². The van der Waals surface area contributed by atoms with E-state index in [1.807, 2.05) is 19.1 Å². The molecule has 1 aromatic rings. The van der Waals surface area contributed by atoms with Gasteiger partial charge in [0.25, 0.3) is 0 Å². The highest BCUT2D eigenvalue weighted by atomic mass is 16.9. The molecule has 1 aromatic carbocycles. The van der Waals surface area contributed by atoms with Gasteiger partial charge in [0.2, 0.25) is 0 Å². The van der Waals surface area contributed by atoms with Gasteiger partial charge in [-0.1, -0.05) is 0 Å². The van der Waals surface area contributed by atoms with E-state index in [0.717, 1.165) is 11.4 Å². The van der Waals surface area contributed by atoms with Gasteiger partial charge >= 0.3 is 0 Å². The van der Waals surface area contributed by atoms with Gasteiger partial charge in [-0.3, -0.25) is 4.84 Å². The Balaban J connectivity index is 2.73. The topological polar surface area (TPSA) is 47.7 Å². The molecular formula is C9H14N2O2. The number of anilines is 2. The minimum atomic E-state index is 0.554. The zero-order valence-corrected chi connectivity index (χ0v) is 7.86. The lowest BCUT2D eigenvalue weighted by molar-refractivity contribution is -0.0636. The fraction of sp³-hybridized carbons (Fsp3) is 0.333. The summed E-state index contributed by atoms with van der Waals surface area (Å²) in [5.74, 6) is 0. The van der Waals surface area contributed by atoms with Gasteiger partial charge in [0.1, 0.15) is 0 Å². The molecule has 1 rings (SSSR count). The van der Waals surface area contributed by atoms with Crippen LogP contribution in [0.4, 0.5) is 11.4 Å². The van der Waals surface area contributed by atoms with Gasteiger partial charge in [-0.15, -0.1) is 5.23 Å². The highest BCUT2D eigenvalue weighted by Gasteiger charge is 2.03. The molecule has 0 fully saturated rings. The van der Waals surface area contributed by atoms with Crippen molar-refractivity contribution < 1.29 is 9.68 Å². The van der Waals surface area contributed by atoms with Crippen LogP contribution in [0, 0.1) is 0 Å². The summed E-state index contributed by atoms with van der Waals surface area (Å²) in [5, 5.41) is 1.35. The normalized spacial score (nSPS) is 10.0. The molecule has 0 aliphatic carbocycles. The third-order valence-corrected chi connectivity index (χ3v) is 1.52. The van der Waals surface area contributed by atoms with Crippen LogP contribution in [0.15, 0.2) is 24.3 Å². The molecule has 2 N–H and O–H groups in total. The van der Waals surface area contributed by atoms with Gasteiger partial charge in [-0.2, -0.15) is 0 Å². The Morgan fingerprint density at radius 3 is 2.38 bits per heavy atom. The average molecular weight is 182 g/mol. The molecule has 0 aromatic heterocycles. The molecule has 0 heterocycles. The number of nitrogens with two attached hydrogens (primary N) is 1. The quantitative estimate of drug-likeness (QED) is 0.567. The molecule has 72 valence electrons. The Morgan fingerprint density at radius 2 is 1.92 bits per heavy atom. The average Bonchev–Trinajstić information content (AvgIpc) is 2.16. The monoisotopic (exact) mass is 182 g/mol. The van der Waals surface area contributed by atoms with E-state index in [1.165, 1.54) is 5.23 Å². The van der Waals surface area contributed by atoms with Crippen LogP contribution in [0.5, 0.6) is 0 Å². The second-order valence-corrected chi connectivity index (χ2v) is 2.45. The van der Waals surface area contributed by atoms with Crippen molar-refractivity contribution in [1.82, 2.24) is 0 Å². The number of hydrogen-bond acceptors (Lipinski definition) is 4. The predicted octanol–water partition coefficient (Wildman–Crippen LogP) is 1.59. The minimum absolute atomic E-state index is 0.554. The summed E-state index contributed by atoms with van der Waals surface area (Å²) in [5.41, 5.74) is 7.08. The first-order valence-electron chi connectivity index (χ1n) is 4.10. The van der Waals surface area contributed by atoms with Crippen LogP contribution in [0.1, 0.15) is 6.92 Å². The van der Waals surface area contributed by atoms with Crippen molar-refractivity contribution in [2.24, 2.45) is 0 Å². The molecule has 0 bridgehead atoms. The first kappa shape index (κ1) is 9.83. The van der Waals surface area contributed by atoms with E-state index in [2.05, 4.69) is 0 Å². The van der Waals surface area contributed by atoms with Gasteiger partial charge in [-0.05, 0) is 31.2 Å². The largest absolute Gasteiger partial charge is 0.399 e. The standard InChI is InChI=1S/C9H14N2O2/c1-3-13-11(12-2)9-6-4-8(10)5-7-9/h4-7H,3,10H2,1-2H3. The van der Waals surface area contributed by atoms with E-state index in [1.54, 1.807) is 19.2 Å². The Bertz CT molecular complexity index is 248. The smallest absolute Gasteiger partial charge is 0.0948 e. The molecule has 0 spiro atoms. The van der Waals surface area contributed by atoms with Crippen LogP contribution < -0.4 is 11.0 Å². The van der Waals surface area contributed by atoms with E-state index < -0.39 is 0 Å². The van der Waals surface area contributed by atoms with E-state index in [0.29, 0.717) is 6.61 Å². The molecule has 0 radical (unpaired) electrons. The van der Waals surface area contributed by atoms with Gasteiger partial charge in [0.05, 0.1) is 19.4 Å². The van der Waals surface area contributed by atoms with E-state index >= 15 is 0 Å². The lowest BCUT2D eigenvalue weighted by Gasteiger charge is -2.19. The molecule has 4 nitrogen and oxygen atoms in total. The number of nitrogens with zero attached hydrogens (tertiary/aromatic N) is 1. The second-order valence-electron chi connectivity index (χ2n) is 2.45. The predicted molar refractivity (Wildman–Crippen MR) is 52.0 cm³/mol. The summed E-state index contributed by atoms with van der Waals surface area (Å²) in [6, 6.07) is 7.24.